The Morgan fingerprint density at radius 2 is 1.81 bits per heavy atom. The van der Waals surface area contributed by atoms with Crippen molar-refractivity contribution in [2.75, 3.05) is 11.6 Å². The van der Waals surface area contributed by atoms with Crippen LogP contribution in [0.3, 0.4) is 0 Å². The van der Waals surface area contributed by atoms with Crippen molar-refractivity contribution in [3.63, 3.8) is 0 Å². The minimum atomic E-state index is -3.32. The lowest BCUT2D eigenvalue weighted by Gasteiger charge is -2.09. The normalized spacial score (nSPS) is 11.4. The Bertz CT molecular complexity index is 803. The predicted molar refractivity (Wildman–Crippen MR) is 80.4 cm³/mol. The van der Waals surface area contributed by atoms with E-state index < -0.39 is 9.84 Å². The fourth-order valence-corrected chi connectivity index (χ4v) is 2.66. The molecule has 0 aliphatic heterocycles. The number of hydrogen-bond donors (Lipinski definition) is 1. The zero-order valence-corrected chi connectivity index (χ0v) is 13.2. The number of amides is 1. The summed E-state index contributed by atoms with van der Waals surface area (Å²) in [5.41, 5.74) is 1.70. The lowest BCUT2D eigenvalue weighted by atomic mass is 10.2. The van der Waals surface area contributed by atoms with Gasteiger partial charge in [-0.25, -0.2) is 8.42 Å². The van der Waals surface area contributed by atoms with E-state index in [9.17, 15) is 13.2 Å². The smallest absolute Gasteiger partial charge is 0.259 e. The first-order valence-electron chi connectivity index (χ1n) is 6.37. The van der Waals surface area contributed by atoms with E-state index in [1.807, 2.05) is 0 Å². The van der Waals surface area contributed by atoms with Gasteiger partial charge in [0.1, 0.15) is 11.5 Å². The van der Waals surface area contributed by atoms with Crippen LogP contribution in [0.5, 0.6) is 0 Å². The van der Waals surface area contributed by atoms with Gasteiger partial charge in [-0.3, -0.25) is 4.79 Å². The fourth-order valence-electron chi connectivity index (χ4n) is 2.01. The lowest BCUT2D eigenvalue weighted by Crippen LogP contribution is -2.13. The van der Waals surface area contributed by atoms with Gasteiger partial charge in [0.25, 0.3) is 5.91 Å². The summed E-state index contributed by atoms with van der Waals surface area (Å²) < 4.78 is 28.5. The molecule has 0 bridgehead atoms. The fraction of sp³-hybridized carbons (Fsp3) is 0.267. The van der Waals surface area contributed by atoms with E-state index in [2.05, 4.69) is 5.32 Å². The lowest BCUT2D eigenvalue weighted by molar-refractivity contribution is 0.102. The number of carbonyl (C=O) groups is 1. The largest absolute Gasteiger partial charge is 0.466 e. The van der Waals surface area contributed by atoms with Crippen LogP contribution in [0.2, 0.25) is 0 Å². The molecule has 0 fully saturated rings. The molecular formula is C15H17NO4S. The van der Waals surface area contributed by atoms with Crippen molar-refractivity contribution in [2.45, 2.75) is 25.7 Å². The molecule has 2 rings (SSSR count). The van der Waals surface area contributed by atoms with Gasteiger partial charge in [-0.2, -0.15) is 0 Å². The number of nitrogens with one attached hydrogen (secondary N) is 1. The Morgan fingerprint density at radius 3 is 2.33 bits per heavy atom. The minimum Gasteiger partial charge on any atom is -0.466 e. The first kappa shape index (κ1) is 15.3. The molecule has 1 N–H and O–H groups in total. The minimum absolute atomic E-state index is 0.170. The first-order chi connectivity index (χ1) is 9.68. The van der Waals surface area contributed by atoms with Gasteiger partial charge in [-0.05, 0) is 44.5 Å². The molecule has 5 nitrogen and oxygen atoms in total. The third-order valence-electron chi connectivity index (χ3n) is 3.17. The second kappa shape index (κ2) is 5.37. The maximum atomic E-state index is 12.2. The highest BCUT2D eigenvalue weighted by atomic mass is 32.2. The number of sulfone groups is 1. The summed E-state index contributed by atoms with van der Waals surface area (Å²) in [7, 11) is -3.32. The van der Waals surface area contributed by atoms with Crippen LogP contribution in [0.15, 0.2) is 33.6 Å². The summed E-state index contributed by atoms with van der Waals surface area (Å²) in [6.07, 6.45) is 1.13. The van der Waals surface area contributed by atoms with Gasteiger partial charge in [0.15, 0.2) is 9.84 Å². The molecule has 1 heterocycles. The molecule has 0 radical (unpaired) electrons. The monoisotopic (exact) mass is 307 g/mol. The van der Waals surface area contributed by atoms with Crippen LogP contribution < -0.4 is 5.32 Å². The van der Waals surface area contributed by atoms with Crippen LogP contribution >= 0.6 is 0 Å². The summed E-state index contributed by atoms with van der Waals surface area (Å²) in [5, 5.41) is 2.73. The van der Waals surface area contributed by atoms with Crippen LogP contribution in [0.4, 0.5) is 5.69 Å². The van der Waals surface area contributed by atoms with Crippen molar-refractivity contribution < 1.29 is 17.6 Å². The molecule has 0 unspecified atom stereocenters. The molecule has 1 aromatic heterocycles. The highest BCUT2D eigenvalue weighted by Gasteiger charge is 2.16. The number of aryl methyl sites for hydroxylation is 3. The van der Waals surface area contributed by atoms with E-state index in [-0.39, 0.29) is 10.8 Å². The second-order valence-corrected chi connectivity index (χ2v) is 7.05. The van der Waals surface area contributed by atoms with E-state index in [0.29, 0.717) is 22.8 Å². The Hall–Kier alpha value is -2.08. The van der Waals surface area contributed by atoms with Crippen molar-refractivity contribution in [3.05, 3.63) is 46.9 Å². The number of hydrogen-bond acceptors (Lipinski definition) is 4. The number of benzene rings is 1. The van der Waals surface area contributed by atoms with Crippen LogP contribution in [-0.2, 0) is 9.84 Å². The molecule has 1 aromatic carbocycles. The Labute approximate surface area is 123 Å². The Kier molecular flexibility index (Phi) is 3.91. The van der Waals surface area contributed by atoms with Crippen molar-refractivity contribution in [1.29, 1.82) is 0 Å². The van der Waals surface area contributed by atoms with Gasteiger partial charge >= 0.3 is 0 Å². The van der Waals surface area contributed by atoms with E-state index in [4.69, 9.17) is 4.42 Å². The van der Waals surface area contributed by atoms with Crippen molar-refractivity contribution in [2.24, 2.45) is 0 Å². The molecule has 0 atom stereocenters. The van der Waals surface area contributed by atoms with Gasteiger partial charge in [-0.15, -0.1) is 0 Å². The molecule has 0 aliphatic rings. The molecule has 21 heavy (non-hydrogen) atoms. The van der Waals surface area contributed by atoms with Crippen molar-refractivity contribution in [1.82, 2.24) is 0 Å². The van der Waals surface area contributed by atoms with E-state index in [0.717, 1.165) is 11.8 Å². The van der Waals surface area contributed by atoms with Gasteiger partial charge in [0.05, 0.1) is 10.5 Å². The average molecular weight is 307 g/mol. The summed E-state index contributed by atoms with van der Waals surface area (Å²) in [5.74, 6) is 0.860. The molecule has 0 aliphatic carbocycles. The Morgan fingerprint density at radius 1 is 1.14 bits per heavy atom. The maximum absolute atomic E-state index is 12.2. The van der Waals surface area contributed by atoms with Gasteiger partial charge < -0.3 is 9.73 Å². The summed E-state index contributed by atoms with van der Waals surface area (Å²) in [6.45, 7) is 5.27. The summed E-state index contributed by atoms with van der Waals surface area (Å²) in [4.78, 5) is 12.4. The molecule has 2 aromatic rings. The molecule has 112 valence electrons. The average Bonchev–Trinajstić information content (AvgIpc) is 2.70. The first-order valence-corrected chi connectivity index (χ1v) is 8.26. The maximum Gasteiger partial charge on any atom is 0.259 e. The Balaban J connectivity index is 2.35. The highest BCUT2D eigenvalue weighted by molar-refractivity contribution is 7.90. The topological polar surface area (TPSA) is 76.4 Å². The third-order valence-corrected chi connectivity index (χ3v) is 4.28. The molecule has 0 saturated carbocycles. The standard InChI is InChI=1S/C15H17NO4S/c1-9-5-6-12(21(4,18)19)8-14(9)16-15(17)13-7-10(2)20-11(13)3/h5-8H,1-4H3,(H,16,17). The summed E-state index contributed by atoms with van der Waals surface area (Å²) in [6, 6.07) is 6.30. The zero-order valence-electron chi connectivity index (χ0n) is 12.4. The quantitative estimate of drug-likeness (QED) is 0.946. The number of carbonyl (C=O) groups excluding carboxylic acids is 1. The number of anilines is 1. The van der Waals surface area contributed by atoms with Gasteiger partial charge in [0.2, 0.25) is 0 Å². The van der Waals surface area contributed by atoms with Gasteiger partial charge in [0, 0.05) is 11.9 Å². The SMILES string of the molecule is Cc1cc(C(=O)Nc2cc(S(C)(=O)=O)ccc2C)c(C)o1. The molecule has 0 saturated heterocycles. The third kappa shape index (κ3) is 3.33. The number of furan rings is 1. The number of rotatable bonds is 3. The van der Waals surface area contributed by atoms with Crippen LogP contribution in [0, 0.1) is 20.8 Å². The van der Waals surface area contributed by atoms with E-state index >= 15 is 0 Å². The van der Waals surface area contributed by atoms with Crippen LogP contribution in [0.1, 0.15) is 27.4 Å². The van der Waals surface area contributed by atoms with Crippen LogP contribution in [0.25, 0.3) is 0 Å². The zero-order chi connectivity index (χ0) is 15.8. The molecular weight excluding hydrogens is 290 g/mol. The second-order valence-electron chi connectivity index (χ2n) is 5.03. The van der Waals surface area contributed by atoms with E-state index in [1.165, 1.54) is 12.1 Å². The molecule has 0 spiro atoms. The van der Waals surface area contributed by atoms with E-state index in [1.54, 1.807) is 32.9 Å². The van der Waals surface area contributed by atoms with Crippen molar-refractivity contribution in [3.8, 4) is 0 Å². The van der Waals surface area contributed by atoms with Crippen LogP contribution in [-0.4, -0.2) is 20.6 Å². The van der Waals surface area contributed by atoms with Gasteiger partial charge in [-0.1, -0.05) is 6.07 Å². The predicted octanol–water partition coefficient (Wildman–Crippen LogP) is 2.86. The molecule has 1 amide bonds. The van der Waals surface area contributed by atoms with Crippen molar-refractivity contribution >= 4 is 21.4 Å². The highest BCUT2D eigenvalue weighted by Crippen LogP contribution is 2.22. The summed E-state index contributed by atoms with van der Waals surface area (Å²) >= 11 is 0. The molecule has 6 heteroatoms.